The van der Waals surface area contributed by atoms with E-state index in [2.05, 4.69) is 5.16 Å². The van der Waals surface area contributed by atoms with Crippen LogP contribution >= 0.6 is 12.4 Å². The van der Waals surface area contributed by atoms with Gasteiger partial charge in [0, 0.05) is 24.7 Å². The summed E-state index contributed by atoms with van der Waals surface area (Å²) < 4.78 is 5.32. The van der Waals surface area contributed by atoms with E-state index in [0.29, 0.717) is 17.9 Å². The molecule has 6 nitrogen and oxygen atoms in total. The lowest BCUT2D eigenvalue weighted by molar-refractivity contribution is 0.0697. The van der Waals surface area contributed by atoms with Crippen LogP contribution in [0.5, 0.6) is 0 Å². The Morgan fingerprint density at radius 2 is 2.09 bits per heavy atom. The third-order valence-electron chi connectivity index (χ3n) is 3.68. The zero-order valence-corrected chi connectivity index (χ0v) is 12.8. The Balaban J connectivity index is 0.00000176. The zero-order valence-electron chi connectivity index (χ0n) is 11.9. The first-order valence-corrected chi connectivity index (χ1v) is 6.95. The smallest absolute Gasteiger partial charge is 0.343 e. The maximum atomic E-state index is 11.6. The Morgan fingerprint density at radius 3 is 2.73 bits per heavy atom. The van der Waals surface area contributed by atoms with Gasteiger partial charge in [0.15, 0.2) is 17.1 Å². The number of halogens is 1. The summed E-state index contributed by atoms with van der Waals surface area (Å²) in [7, 11) is 0. The minimum absolute atomic E-state index is 0. The highest BCUT2D eigenvalue weighted by molar-refractivity contribution is 5.99. The molecule has 1 aliphatic rings. The minimum Gasteiger partial charge on any atom is -0.477 e. The van der Waals surface area contributed by atoms with Gasteiger partial charge in [0.25, 0.3) is 0 Å². The van der Waals surface area contributed by atoms with Crippen LogP contribution in [0.25, 0.3) is 11.3 Å². The molecular formula is C15H18ClN3O3. The summed E-state index contributed by atoms with van der Waals surface area (Å²) in [6.45, 7) is 1.34. The van der Waals surface area contributed by atoms with E-state index in [1.54, 1.807) is 12.1 Å². The molecule has 1 fully saturated rings. The quantitative estimate of drug-likeness (QED) is 0.901. The minimum atomic E-state index is -1.04. The first kappa shape index (κ1) is 16.3. The zero-order chi connectivity index (χ0) is 14.8. The third kappa shape index (κ3) is 3.08. The monoisotopic (exact) mass is 323 g/mol. The second kappa shape index (κ2) is 6.81. The summed E-state index contributed by atoms with van der Waals surface area (Å²) in [4.78, 5) is 13.5. The highest BCUT2D eigenvalue weighted by Crippen LogP contribution is 2.32. The molecule has 1 aliphatic heterocycles. The molecule has 0 spiro atoms. The molecule has 0 unspecified atom stereocenters. The van der Waals surface area contributed by atoms with E-state index in [9.17, 15) is 9.90 Å². The number of carboxylic acid groups (broad SMARTS) is 1. The number of rotatable bonds is 3. The summed E-state index contributed by atoms with van der Waals surface area (Å²) in [5, 5.41) is 13.5. The predicted molar refractivity (Wildman–Crippen MR) is 85.6 cm³/mol. The van der Waals surface area contributed by atoms with Gasteiger partial charge in [-0.05, 0) is 12.8 Å². The van der Waals surface area contributed by atoms with E-state index in [0.717, 1.165) is 19.4 Å². The second-order valence-corrected chi connectivity index (χ2v) is 5.23. The van der Waals surface area contributed by atoms with Crippen LogP contribution < -0.4 is 10.6 Å². The first-order chi connectivity index (χ1) is 10.2. The Labute approximate surface area is 134 Å². The number of aromatic nitrogens is 1. The Morgan fingerprint density at radius 1 is 1.36 bits per heavy atom. The molecule has 22 heavy (non-hydrogen) atoms. The molecule has 0 aliphatic carbocycles. The molecular weight excluding hydrogens is 306 g/mol. The van der Waals surface area contributed by atoms with Crippen molar-refractivity contribution in [2.45, 2.75) is 18.9 Å². The lowest BCUT2D eigenvalue weighted by atomic mass is 10.0. The number of aromatic carboxylic acids is 1. The average Bonchev–Trinajstić information content (AvgIpc) is 2.93. The van der Waals surface area contributed by atoms with Gasteiger partial charge in [0.05, 0.1) is 0 Å². The van der Waals surface area contributed by atoms with Crippen molar-refractivity contribution >= 4 is 24.2 Å². The summed E-state index contributed by atoms with van der Waals surface area (Å²) >= 11 is 0. The van der Waals surface area contributed by atoms with Gasteiger partial charge < -0.3 is 20.3 Å². The van der Waals surface area contributed by atoms with Crippen molar-refractivity contribution in [1.29, 1.82) is 0 Å². The van der Waals surface area contributed by atoms with Crippen LogP contribution in [-0.2, 0) is 0 Å². The summed E-state index contributed by atoms with van der Waals surface area (Å²) in [5.41, 5.74) is 6.77. The van der Waals surface area contributed by atoms with Crippen LogP contribution in [0.1, 0.15) is 23.2 Å². The molecule has 1 atom stereocenters. The molecule has 7 heteroatoms. The second-order valence-electron chi connectivity index (χ2n) is 5.23. The number of anilines is 1. The van der Waals surface area contributed by atoms with E-state index in [1.165, 1.54) is 0 Å². The van der Waals surface area contributed by atoms with Gasteiger partial charge in [-0.25, -0.2) is 4.79 Å². The number of carbonyl (C=O) groups is 1. The third-order valence-corrected chi connectivity index (χ3v) is 3.68. The van der Waals surface area contributed by atoms with Crippen LogP contribution in [0, 0.1) is 0 Å². The fourth-order valence-electron chi connectivity index (χ4n) is 2.68. The molecule has 3 N–H and O–H groups in total. The van der Waals surface area contributed by atoms with E-state index in [4.69, 9.17) is 10.3 Å². The Hall–Kier alpha value is -2.05. The molecule has 0 radical (unpaired) electrons. The number of benzene rings is 1. The highest BCUT2D eigenvalue weighted by Gasteiger charge is 2.29. The summed E-state index contributed by atoms with van der Waals surface area (Å²) in [6.07, 6.45) is 1.87. The fraction of sp³-hybridized carbons (Fsp3) is 0.333. The standard InChI is InChI=1S/C15H17N3O3.ClH/c16-11-7-4-8-18(9-11)14-12(15(19)20)13(21-17-14)10-5-2-1-3-6-10;/h1-3,5-6,11H,4,7-9,16H2,(H,19,20);1H/t11-;/m0./s1. The van der Waals surface area contributed by atoms with E-state index >= 15 is 0 Å². The molecule has 2 heterocycles. The Kier molecular flexibility index (Phi) is 5.05. The van der Waals surface area contributed by atoms with E-state index < -0.39 is 5.97 Å². The number of hydrogen-bond acceptors (Lipinski definition) is 5. The molecule has 1 aromatic carbocycles. The first-order valence-electron chi connectivity index (χ1n) is 6.95. The maximum Gasteiger partial charge on any atom is 0.343 e. The van der Waals surface area contributed by atoms with Gasteiger partial charge in [-0.1, -0.05) is 35.5 Å². The van der Waals surface area contributed by atoms with E-state index in [1.807, 2.05) is 23.1 Å². The highest BCUT2D eigenvalue weighted by atomic mass is 35.5. The van der Waals surface area contributed by atoms with Crippen LogP contribution in [0.3, 0.4) is 0 Å². The van der Waals surface area contributed by atoms with Crippen LogP contribution in [0.4, 0.5) is 5.82 Å². The normalized spacial score (nSPS) is 17.9. The van der Waals surface area contributed by atoms with Crippen molar-refractivity contribution in [3.8, 4) is 11.3 Å². The van der Waals surface area contributed by atoms with Crippen molar-refractivity contribution in [3.63, 3.8) is 0 Å². The number of nitrogens with zero attached hydrogens (tertiary/aromatic N) is 2. The molecule has 118 valence electrons. The molecule has 0 amide bonds. The predicted octanol–water partition coefficient (Wildman–Crippen LogP) is 2.39. The van der Waals surface area contributed by atoms with Crippen LogP contribution in [0.15, 0.2) is 34.9 Å². The molecule has 0 saturated carbocycles. The van der Waals surface area contributed by atoms with Crippen molar-refractivity contribution in [2.24, 2.45) is 5.73 Å². The summed E-state index contributed by atoms with van der Waals surface area (Å²) in [5.74, 6) is -0.377. The SMILES string of the molecule is Cl.N[C@H]1CCCN(c2noc(-c3ccccc3)c2C(=O)O)C1. The van der Waals surface area contributed by atoms with Crippen molar-refractivity contribution in [1.82, 2.24) is 5.16 Å². The van der Waals surface area contributed by atoms with Gasteiger partial charge in [-0.2, -0.15) is 0 Å². The van der Waals surface area contributed by atoms with Gasteiger partial charge in [-0.3, -0.25) is 0 Å². The van der Waals surface area contributed by atoms with Crippen molar-refractivity contribution in [2.75, 3.05) is 18.0 Å². The maximum absolute atomic E-state index is 11.6. The van der Waals surface area contributed by atoms with Crippen molar-refractivity contribution < 1.29 is 14.4 Å². The average molecular weight is 324 g/mol. The van der Waals surface area contributed by atoms with Crippen molar-refractivity contribution in [3.05, 3.63) is 35.9 Å². The van der Waals surface area contributed by atoms with Crippen LogP contribution in [0.2, 0.25) is 0 Å². The van der Waals surface area contributed by atoms with Gasteiger partial charge in [0.2, 0.25) is 0 Å². The lowest BCUT2D eigenvalue weighted by Crippen LogP contribution is -2.43. The number of hydrogen-bond donors (Lipinski definition) is 2. The van der Waals surface area contributed by atoms with Gasteiger partial charge in [0.1, 0.15) is 0 Å². The number of nitrogens with two attached hydrogens (primary N) is 1. The van der Waals surface area contributed by atoms with Gasteiger partial charge >= 0.3 is 5.97 Å². The topological polar surface area (TPSA) is 92.6 Å². The molecule has 2 aromatic rings. The molecule has 0 bridgehead atoms. The van der Waals surface area contributed by atoms with E-state index in [-0.39, 0.29) is 29.8 Å². The Bertz CT molecular complexity index is 645. The molecule has 1 aromatic heterocycles. The van der Waals surface area contributed by atoms with Gasteiger partial charge in [-0.15, -0.1) is 12.4 Å². The lowest BCUT2D eigenvalue weighted by Gasteiger charge is -2.30. The number of carboxylic acids is 1. The molecule has 3 rings (SSSR count). The largest absolute Gasteiger partial charge is 0.477 e. The number of piperidine rings is 1. The molecule has 1 saturated heterocycles. The summed E-state index contributed by atoms with van der Waals surface area (Å²) in [6, 6.07) is 9.18. The van der Waals surface area contributed by atoms with Crippen LogP contribution in [-0.4, -0.2) is 35.4 Å². The fourth-order valence-corrected chi connectivity index (χ4v) is 2.68.